The highest BCUT2D eigenvalue weighted by Crippen LogP contribution is 2.26. The van der Waals surface area contributed by atoms with Crippen molar-refractivity contribution < 1.29 is 18.0 Å². The SMILES string of the molecule is Cl.O=C(Nc1ccc2nc(Cc3ccccc3)oc2c1)C1CC(F)(F)CN1. The molecule has 27 heavy (non-hydrogen) atoms. The molecule has 0 bridgehead atoms. The van der Waals surface area contributed by atoms with E-state index in [0.717, 1.165) is 5.56 Å². The number of anilines is 1. The number of aromatic nitrogens is 1. The van der Waals surface area contributed by atoms with Crippen molar-refractivity contribution in [2.75, 3.05) is 11.9 Å². The first-order valence-corrected chi connectivity index (χ1v) is 8.34. The number of oxazole rings is 1. The lowest BCUT2D eigenvalue weighted by Gasteiger charge is -2.11. The summed E-state index contributed by atoms with van der Waals surface area (Å²) in [6.07, 6.45) is 0.0723. The van der Waals surface area contributed by atoms with Crippen molar-refractivity contribution in [3.63, 3.8) is 0 Å². The zero-order chi connectivity index (χ0) is 18.1. The standard InChI is InChI=1S/C19H17F2N3O2.ClH/c20-19(21)10-15(22-11-19)18(25)23-13-6-7-14-16(9-13)26-17(24-14)8-12-4-2-1-3-5-12;/h1-7,9,15,22H,8,10-11H2,(H,23,25);1H. The van der Waals surface area contributed by atoms with E-state index in [2.05, 4.69) is 15.6 Å². The number of nitrogens with one attached hydrogen (secondary N) is 2. The first kappa shape index (κ1) is 19.3. The van der Waals surface area contributed by atoms with E-state index >= 15 is 0 Å². The quantitative estimate of drug-likeness (QED) is 0.708. The Morgan fingerprint density at radius 3 is 2.74 bits per heavy atom. The van der Waals surface area contributed by atoms with Crippen LogP contribution in [0.25, 0.3) is 11.1 Å². The van der Waals surface area contributed by atoms with Crippen molar-refractivity contribution in [2.24, 2.45) is 0 Å². The maximum Gasteiger partial charge on any atom is 0.262 e. The Kier molecular flexibility index (Phi) is 5.43. The molecule has 0 aliphatic carbocycles. The number of amides is 1. The van der Waals surface area contributed by atoms with Gasteiger partial charge in [-0.2, -0.15) is 0 Å². The molecule has 8 heteroatoms. The van der Waals surface area contributed by atoms with Crippen LogP contribution in [0.15, 0.2) is 52.9 Å². The van der Waals surface area contributed by atoms with Gasteiger partial charge >= 0.3 is 0 Å². The van der Waals surface area contributed by atoms with Crippen molar-refractivity contribution in [3.05, 3.63) is 60.0 Å². The molecule has 0 saturated carbocycles. The van der Waals surface area contributed by atoms with E-state index in [-0.39, 0.29) is 12.4 Å². The summed E-state index contributed by atoms with van der Waals surface area (Å²) in [4.78, 5) is 16.6. The Labute approximate surface area is 160 Å². The summed E-state index contributed by atoms with van der Waals surface area (Å²) in [5.74, 6) is -2.75. The van der Waals surface area contributed by atoms with E-state index in [1.165, 1.54) is 0 Å². The summed E-state index contributed by atoms with van der Waals surface area (Å²) in [5, 5.41) is 5.19. The lowest BCUT2D eigenvalue weighted by molar-refractivity contribution is -0.118. The van der Waals surface area contributed by atoms with Crippen LogP contribution in [0.5, 0.6) is 0 Å². The maximum absolute atomic E-state index is 13.2. The molecule has 1 aromatic heterocycles. The average molecular weight is 394 g/mol. The number of carbonyl (C=O) groups is 1. The first-order valence-electron chi connectivity index (χ1n) is 8.34. The van der Waals surface area contributed by atoms with Gasteiger partial charge in [-0.3, -0.25) is 10.1 Å². The van der Waals surface area contributed by atoms with Gasteiger partial charge in [0.1, 0.15) is 5.52 Å². The largest absolute Gasteiger partial charge is 0.440 e. The molecule has 2 aromatic carbocycles. The first-order chi connectivity index (χ1) is 12.5. The molecule has 0 spiro atoms. The number of alkyl halides is 2. The zero-order valence-corrected chi connectivity index (χ0v) is 15.1. The van der Waals surface area contributed by atoms with E-state index in [0.29, 0.717) is 29.1 Å². The van der Waals surface area contributed by atoms with Crippen molar-refractivity contribution in [1.82, 2.24) is 10.3 Å². The third-order valence-electron chi connectivity index (χ3n) is 4.32. The minimum absolute atomic E-state index is 0. The Balaban J connectivity index is 0.00000210. The van der Waals surface area contributed by atoms with Gasteiger partial charge in [0.25, 0.3) is 5.92 Å². The maximum atomic E-state index is 13.2. The number of nitrogens with zero attached hydrogens (tertiary/aromatic N) is 1. The summed E-state index contributed by atoms with van der Waals surface area (Å²) in [5.41, 5.74) is 2.79. The zero-order valence-electron chi connectivity index (χ0n) is 14.2. The molecule has 2 N–H and O–H groups in total. The number of fused-ring (bicyclic) bond motifs is 1. The van der Waals surface area contributed by atoms with Crippen LogP contribution in [-0.4, -0.2) is 29.4 Å². The van der Waals surface area contributed by atoms with Gasteiger partial charge in [0.2, 0.25) is 5.91 Å². The van der Waals surface area contributed by atoms with Crippen molar-refractivity contribution in [2.45, 2.75) is 24.8 Å². The van der Waals surface area contributed by atoms with Crippen LogP contribution in [-0.2, 0) is 11.2 Å². The summed E-state index contributed by atoms with van der Waals surface area (Å²) in [7, 11) is 0. The highest BCUT2D eigenvalue weighted by Gasteiger charge is 2.42. The Bertz CT molecular complexity index is 947. The fourth-order valence-electron chi connectivity index (χ4n) is 3.03. The fourth-order valence-corrected chi connectivity index (χ4v) is 3.03. The van der Waals surface area contributed by atoms with E-state index in [1.807, 2.05) is 30.3 Å². The van der Waals surface area contributed by atoms with Gasteiger partial charge in [0, 0.05) is 24.6 Å². The molecule has 1 saturated heterocycles. The van der Waals surface area contributed by atoms with Crippen LogP contribution >= 0.6 is 12.4 Å². The highest BCUT2D eigenvalue weighted by atomic mass is 35.5. The highest BCUT2D eigenvalue weighted by molar-refractivity contribution is 5.96. The predicted molar refractivity (Wildman–Crippen MR) is 100 cm³/mol. The van der Waals surface area contributed by atoms with Crippen molar-refractivity contribution >= 4 is 35.1 Å². The minimum Gasteiger partial charge on any atom is -0.440 e. The van der Waals surface area contributed by atoms with Gasteiger partial charge < -0.3 is 9.73 Å². The number of benzene rings is 2. The Morgan fingerprint density at radius 1 is 1.26 bits per heavy atom. The van der Waals surface area contributed by atoms with Crippen LogP contribution in [0.1, 0.15) is 17.9 Å². The van der Waals surface area contributed by atoms with Gasteiger partial charge in [0.15, 0.2) is 11.5 Å². The van der Waals surface area contributed by atoms with E-state index < -0.39 is 30.8 Å². The number of rotatable bonds is 4. The molecule has 1 atom stereocenters. The molecule has 0 radical (unpaired) electrons. The second-order valence-electron chi connectivity index (χ2n) is 6.44. The van der Waals surface area contributed by atoms with Crippen LogP contribution in [0.2, 0.25) is 0 Å². The van der Waals surface area contributed by atoms with Gasteiger partial charge in [0.05, 0.1) is 12.6 Å². The Hall–Kier alpha value is -2.51. The number of hydrogen-bond acceptors (Lipinski definition) is 4. The second kappa shape index (κ2) is 7.62. The second-order valence-corrected chi connectivity index (χ2v) is 6.44. The van der Waals surface area contributed by atoms with Gasteiger partial charge in [-0.25, -0.2) is 13.8 Å². The Morgan fingerprint density at radius 2 is 2.04 bits per heavy atom. The lowest BCUT2D eigenvalue weighted by Crippen LogP contribution is -2.35. The molecule has 4 rings (SSSR count). The van der Waals surface area contributed by atoms with Crippen molar-refractivity contribution in [1.29, 1.82) is 0 Å². The summed E-state index contributed by atoms with van der Waals surface area (Å²) < 4.78 is 32.2. The fraction of sp³-hybridized carbons (Fsp3) is 0.263. The average Bonchev–Trinajstić information content (AvgIpc) is 3.17. The van der Waals surface area contributed by atoms with E-state index in [9.17, 15) is 13.6 Å². The van der Waals surface area contributed by atoms with Crippen molar-refractivity contribution in [3.8, 4) is 0 Å². The smallest absolute Gasteiger partial charge is 0.262 e. The molecule has 3 aromatic rings. The van der Waals surface area contributed by atoms with Crippen LogP contribution in [0.4, 0.5) is 14.5 Å². The van der Waals surface area contributed by atoms with Gasteiger partial charge in [-0.15, -0.1) is 12.4 Å². The van der Waals surface area contributed by atoms with Crippen LogP contribution in [0, 0.1) is 0 Å². The monoisotopic (exact) mass is 393 g/mol. The minimum atomic E-state index is -2.84. The molecule has 1 fully saturated rings. The molecule has 1 amide bonds. The molecule has 142 valence electrons. The number of halogens is 3. The summed E-state index contributed by atoms with van der Waals surface area (Å²) in [6.45, 7) is -0.477. The molecule has 2 heterocycles. The van der Waals surface area contributed by atoms with Gasteiger partial charge in [-0.1, -0.05) is 30.3 Å². The number of hydrogen-bond donors (Lipinski definition) is 2. The lowest BCUT2D eigenvalue weighted by atomic mass is 10.1. The molecule has 5 nitrogen and oxygen atoms in total. The normalized spacial score (nSPS) is 18.2. The summed E-state index contributed by atoms with van der Waals surface area (Å²) >= 11 is 0. The van der Waals surface area contributed by atoms with E-state index in [4.69, 9.17) is 4.42 Å². The molecule has 1 aliphatic rings. The predicted octanol–water partition coefficient (Wildman–Crippen LogP) is 3.78. The molecular weight excluding hydrogens is 376 g/mol. The van der Waals surface area contributed by atoms with Crippen LogP contribution in [0.3, 0.4) is 0 Å². The van der Waals surface area contributed by atoms with Gasteiger partial charge in [-0.05, 0) is 17.7 Å². The summed E-state index contributed by atoms with van der Waals surface area (Å²) in [6, 6.07) is 14.0. The third-order valence-corrected chi connectivity index (χ3v) is 4.32. The molecular formula is C19H18ClF2N3O2. The topological polar surface area (TPSA) is 67.2 Å². The van der Waals surface area contributed by atoms with E-state index in [1.54, 1.807) is 18.2 Å². The number of carbonyl (C=O) groups excluding carboxylic acids is 1. The molecule has 1 aliphatic heterocycles. The third kappa shape index (κ3) is 4.43. The molecule has 1 unspecified atom stereocenters. The van der Waals surface area contributed by atoms with Crippen LogP contribution < -0.4 is 10.6 Å².